The summed E-state index contributed by atoms with van der Waals surface area (Å²) in [6.07, 6.45) is 13.5. The van der Waals surface area contributed by atoms with Gasteiger partial charge >= 0.3 is 0 Å². The molecule has 6 nitrogen and oxygen atoms in total. The number of nitrogens with two attached hydrogens (primary N) is 1. The topological polar surface area (TPSA) is 78.8 Å². The second-order valence-electron chi connectivity index (χ2n) is 7.87. The first kappa shape index (κ1) is 15.6. The van der Waals surface area contributed by atoms with Gasteiger partial charge in [0.25, 0.3) is 5.88 Å². The predicted octanol–water partition coefficient (Wildman–Crippen LogP) is 4.20. The molecule has 3 fully saturated rings. The van der Waals surface area contributed by atoms with Crippen molar-refractivity contribution in [1.29, 1.82) is 0 Å². The average Bonchev–Trinajstić information content (AvgIpc) is 3.18. The molecule has 2 heterocycles. The summed E-state index contributed by atoms with van der Waals surface area (Å²) in [6, 6.07) is 0.484. The Balaban J connectivity index is 1.33. The minimum atomic E-state index is 0.277. The van der Waals surface area contributed by atoms with E-state index in [-0.39, 0.29) is 5.82 Å². The maximum Gasteiger partial charge on any atom is 0.263 e. The van der Waals surface area contributed by atoms with E-state index in [4.69, 9.17) is 10.5 Å². The molecule has 2 N–H and O–H groups in total. The maximum atomic E-state index is 5.84. The molecule has 0 aromatic carbocycles. The third kappa shape index (κ3) is 2.82. The summed E-state index contributed by atoms with van der Waals surface area (Å²) in [5.74, 6) is 5.13. The van der Waals surface area contributed by atoms with Crippen LogP contribution in [0.5, 0.6) is 11.6 Å². The van der Waals surface area contributed by atoms with Gasteiger partial charge in [-0.15, -0.1) is 0 Å². The van der Waals surface area contributed by atoms with E-state index >= 15 is 0 Å². The number of hydrogen-bond acceptors (Lipinski definition) is 5. The van der Waals surface area contributed by atoms with Gasteiger partial charge in [-0.3, -0.25) is 4.68 Å². The predicted molar refractivity (Wildman–Crippen MR) is 97.1 cm³/mol. The van der Waals surface area contributed by atoms with Gasteiger partial charge in [0.2, 0.25) is 0 Å². The quantitative estimate of drug-likeness (QED) is 0.830. The van der Waals surface area contributed by atoms with Crippen LogP contribution in [0.1, 0.15) is 44.6 Å². The van der Waals surface area contributed by atoms with Gasteiger partial charge in [0.15, 0.2) is 11.6 Å². The molecule has 0 spiro atoms. The molecule has 0 saturated heterocycles. The minimum absolute atomic E-state index is 0.277. The van der Waals surface area contributed by atoms with Gasteiger partial charge in [-0.2, -0.15) is 5.10 Å². The molecule has 132 valence electrons. The minimum Gasteiger partial charge on any atom is -0.433 e. The third-order valence-electron chi connectivity index (χ3n) is 6.45. The Hall–Kier alpha value is -1.63. The number of halogens is 1. The van der Waals surface area contributed by atoms with Gasteiger partial charge in [-0.1, -0.05) is 0 Å². The third-order valence-corrected chi connectivity index (χ3v) is 6.83. The van der Waals surface area contributed by atoms with Gasteiger partial charge in [0.1, 0.15) is 4.60 Å². The van der Waals surface area contributed by atoms with Gasteiger partial charge in [-0.05, 0) is 78.1 Å². The highest BCUT2D eigenvalue weighted by Gasteiger charge is 2.49. The average molecular weight is 404 g/mol. The summed E-state index contributed by atoms with van der Waals surface area (Å²) in [7, 11) is 0. The van der Waals surface area contributed by atoms with Crippen LogP contribution in [0.3, 0.4) is 0 Å². The summed E-state index contributed by atoms with van der Waals surface area (Å²) < 4.78 is 8.49. The van der Waals surface area contributed by atoms with Crippen molar-refractivity contribution >= 4 is 21.7 Å². The molecule has 2 aromatic rings. The number of ether oxygens (including phenoxy) is 1. The number of anilines is 1. The number of nitrogen functional groups attached to an aromatic ring is 1. The maximum absolute atomic E-state index is 5.84. The lowest BCUT2D eigenvalue weighted by molar-refractivity contribution is 0.0738. The highest BCUT2D eigenvalue weighted by Crippen LogP contribution is 2.58. The first-order chi connectivity index (χ1) is 12.2. The van der Waals surface area contributed by atoms with Crippen LogP contribution in [-0.2, 0) is 0 Å². The summed E-state index contributed by atoms with van der Waals surface area (Å²) in [6.45, 7) is 0. The molecular formula is C18H22BrN5O. The van der Waals surface area contributed by atoms with E-state index in [1.165, 1.54) is 38.5 Å². The summed E-state index contributed by atoms with van der Waals surface area (Å²) in [4.78, 5) is 8.28. The van der Waals surface area contributed by atoms with Crippen molar-refractivity contribution in [2.24, 2.45) is 23.7 Å². The van der Waals surface area contributed by atoms with Crippen LogP contribution in [0.15, 0.2) is 23.2 Å². The molecule has 3 aliphatic rings. The Morgan fingerprint density at radius 2 is 2.00 bits per heavy atom. The van der Waals surface area contributed by atoms with Crippen LogP contribution < -0.4 is 10.5 Å². The van der Waals surface area contributed by atoms with Crippen molar-refractivity contribution in [1.82, 2.24) is 19.7 Å². The van der Waals surface area contributed by atoms with Crippen molar-refractivity contribution in [2.75, 3.05) is 5.73 Å². The summed E-state index contributed by atoms with van der Waals surface area (Å²) in [5, 5.41) is 4.57. The van der Waals surface area contributed by atoms with Crippen LogP contribution in [-0.4, -0.2) is 19.7 Å². The summed E-state index contributed by atoms with van der Waals surface area (Å²) in [5.41, 5.74) is 5.84. The van der Waals surface area contributed by atoms with E-state index in [0.29, 0.717) is 22.3 Å². The summed E-state index contributed by atoms with van der Waals surface area (Å²) >= 11 is 3.29. The fourth-order valence-electron chi connectivity index (χ4n) is 5.26. The molecule has 0 radical (unpaired) electrons. The number of aromatic nitrogens is 4. The molecular weight excluding hydrogens is 382 g/mol. The molecule has 0 aliphatic heterocycles. The fraction of sp³-hybridized carbons (Fsp3) is 0.611. The highest BCUT2D eigenvalue weighted by atomic mass is 79.9. The molecule has 7 heteroatoms. The Morgan fingerprint density at radius 3 is 2.92 bits per heavy atom. The molecule has 0 amide bonds. The first-order valence-corrected chi connectivity index (χ1v) is 9.95. The first-order valence-electron chi connectivity index (χ1n) is 9.15. The van der Waals surface area contributed by atoms with Crippen molar-refractivity contribution < 1.29 is 4.74 Å². The molecule has 3 aliphatic carbocycles. The van der Waals surface area contributed by atoms with Gasteiger partial charge in [0.05, 0.1) is 24.6 Å². The van der Waals surface area contributed by atoms with E-state index in [0.717, 1.165) is 23.7 Å². The van der Waals surface area contributed by atoms with Crippen molar-refractivity contribution in [3.63, 3.8) is 0 Å². The fourth-order valence-corrected chi connectivity index (χ4v) is 5.52. The second-order valence-corrected chi connectivity index (χ2v) is 8.68. The normalized spacial score (nSPS) is 33.4. The van der Waals surface area contributed by atoms with E-state index in [1.54, 1.807) is 12.4 Å². The van der Waals surface area contributed by atoms with Crippen LogP contribution >= 0.6 is 15.9 Å². The number of hydrogen-bond donors (Lipinski definition) is 1. The molecule has 25 heavy (non-hydrogen) atoms. The van der Waals surface area contributed by atoms with Crippen molar-refractivity contribution in [3.05, 3.63) is 23.2 Å². The van der Waals surface area contributed by atoms with Gasteiger partial charge in [-0.25, -0.2) is 9.97 Å². The van der Waals surface area contributed by atoms with Crippen LogP contribution in [0.25, 0.3) is 0 Å². The van der Waals surface area contributed by atoms with Gasteiger partial charge < -0.3 is 10.5 Å². The lowest BCUT2D eigenvalue weighted by atomic mass is 9.64. The van der Waals surface area contributed by atoms with Crippen molar-refractivity contribution in [2.45, 2.75) is 44.6 Å². The van der Waals surface area contributed by atoms with E-state index < -0.39 is 0 Å². The zero-order valence-corrected chi connectivity index (χ0v) is 15.6. The SMILES string of the molecule is Nc1ncc(Br)nc1Oc1cnn([C@@H]2CCC3CC4[C@H](C3)C[C@H]4C2)c1. The number of rotatable bonds is 3. The molecule has 2 bridgehead atoms. The van der Waals surface area contributed by atoms with E-state index in [1.807, 2.05) is 6.20 Å². The molecule has 2 unspecified atom stereocenters. The molecule has 2 aromatic heterocycles. The highest BCUT2D eigenvalue weighted by molar-refractivity contribution is 9.10. The molecule has 5 rings (SSSR count). The second kappa shape index (κ2) is 5.97. The van der Waals surface area contributed by atoms with Gasteiger partial charge in [0, 0.05) is 0 Å². The van der Waals surface area contributed by atoms with Crippen LogP contribution in [0.2, 0.25) is 0 Å². The van der Waals surface area contributed by atoms with Crippen molar-refractivity contribution in [3.8, 4) is 11.6 Å². The lowest BCUT2D eigenvalue weighted by Gasteiger charge is -2.42. The van der Waals surface area contributed by atoms with Crippen LogP contribution in [0, 0.1) is 23.7 Å². The largest absolute Gasteiger partial charge is 0.433 e. The Kier molecular flexibility index (Phi) is 3.73. The Bertz CT molecular complexity index is 794. The van der Waals surface area contributed by atoms with E-state index in [9.17, 15) is 0 Å². The zero-order chi connectivity index (χ0) is 17.0. The molecule has 5 atom stereocenters. The number of nitrogens with zero attached hydrogens (tertiary/aromatic N) is 4. The molecule has 3 saturated carbocycles. The monoisotopic (exact) mass is 403 g/mol. The lowest BCUT2D eigenvalue weighted by Crippen LogP contribution is -2.34. The Morgan fingerprint density at radius 1 is 1.12 bits per heavy atom. The standard InChI is InChI=1S/C18H22BrN5O/c19-16-8-21-17(20)18(23-16)25-14-7-22-24(9-14)13-2-1-10-3-11-5-12(6-13)15(11)4-10/h7-13,15H,1-6H2,(H2,20,21)/t10?,11-,12+,13-,15?/m1/s1. The Labute approximate surface area is 155 Å². The van der Waals surface area contributed by atoms with E-state index in [2.05, 4.69) is 35.7 Å². The smallest absolute Gasteiger partial charge is 0.263 e. The van der Waals surface area contributed by atoms with Crippen LogP contribution in [0.4, 0.5) is 5.82 Å². The zero-order valence-electron chi connectivity index (χ0n) is 14.0. The number of fused-ring (bicyclic) bond motifs is 1.